The van der Waals surface area contributed by atoms with E-state index in [9.17, 15) is 19.5 Å². The first-order valence-corrected chi connectivity index (χ1v) is 8.58. The van der Waals surface area contributed by atoms with Crippen LogP contribution in [0.4, 0.5) is 5.69 Å². The molecule has 0 aliphatic carbocycles. The predicted octanol–water partition coefficient (Wildman–Crippen LogP) is 2.19. The summed E-state index contributed by atoms with van der Waals surface area (Å²) in [7, 11) is 0. The fourth-order valence-electron chi connectivity index (χ4n) is 3.86. The van der Waals surface area contributed by atoms with E-state index in [0.717, 1.165) is 11.3 Å². The van der Waals surface area contributed by atoms with Crippen molar-refractivity contribution < 1.29 is 19.5 Å². The Morgan fingerprint density at radius 1 is 1.00 bits per heavy atom. The lowest BCUT2D eigenvalue weighted by Gasteiger charge is -2.30. The summed E-state index contributed by atoms with van der Waals surface area (Å²) in [4.78, 5) is 40.0. The van der Waals surface area contributed by atoms with Crippen LogP contribution in [0.3, 0.4) is 0 Å². The van der Waals surface area contributed by atoms with Crippen molar-refractivity contribution >= 4 is 23.5 Å². The van der Waals surface area contributed by atoms with E-state index in [-0.39, 0.29) is 24.4 Å². The molecule has 0 aromatic heterocycles. The van der Waals surface area contributed by atoms with E-state index in [1.807, 2.05) is 24.3 Å². The number of aliphatic carboxylic acids is 1. The lowest BCUT2D eigenvalue weighted by atomic mass is 10.1. The molecular formula is C20H18N2O4. The zero-order valence-electron chi connectivity index (χ0n) is 14.1. The number of carbonyl (C=O) groups is 3. The zero-order valence-corrected chi connectivity index (χ0v) is 14.1. The van der Waals surface area contributed by atoms with Crippen LogP contribution in [0.25, 0.3) is 0 Å². The SMILES string of the molecule is O=C(O)CN1CC(N2C(=O)c3ccccc3C2=O)CCc2ccccc21. The molecule has 1 unspecified atom stereocenters. The average Bonchev–Trinajstić information content (AvgIpc) is 2.78. The van der Waals surface area contributed by atoms with E-state index in [1.54, 1.807) is 29.2 Å². The Hall–Kier alpha value is -3.15. The van der Waals surface area contributed by atoms with Crippen molar-refractivity contribution in [3.05, 3.63) is 65.2 Å². The van der Waals surface area contributed by atoms with Crippen LogP contribution in [0.15, 0.2) is 48.5 Å². The highest BCUT2D eigenvalue weighted by Gasteiger charge is 2.41. The van der Waals surface area contributed by atoms with Gasteiger partial charge in [0.05, 0.1) is 17.2 Å². The summed E-state index contributed by atoms with van der Waals surface area (Å²) in [5.41, 5.74) is 2.73. The molecule has 2 heterocycles. The Labute approximate surface area is 150 Å². The first kappa shape index (κ1) is 16.3. The van der Waals surface area contributed by atoms with Gasteiger partial charge >= 0.3 is 5.97 Å². The minimum absolute atomic E-state index is 0.170. The number of hydrogen-bond donors (Lipinski definition) is 1. The molecule has 132 valence electrons. The van der Waals surface area contributed by atoms with Crippen LogP contribution in [-0.4, -0.2) is 46.9 Å². The van der Waals surface area contributed by atoms with Gasteiger partial charge in [0.1, 0.15) is 6.54 Å². The van der Waals surface area contributed by atoms with Gasteiger partial charge in [-0.3, -0.25) is 19.3 Å². The van der Waals surface area contributed by atoms with E-state index >= 15 is 0 Å². The van der Waals surface area contributed by atoms with E-state index in [1.165, 1.54) is 4.90 Å². The fraction of sp³-hybridized carbons (Fsp3) is 0.250. The third-order valence-electron chi connectivity index (χ3n) is 5.03. The van der Waals surface area contributed by atoms with Crippen LogP contribution < -0.4 is 4.90 Å². The van der Waals surface area contributed by atoms with Gasteiger partial charge in [-0.2, -0.15) is 0 Å². The van der Waals surface area contributed by atoms with Crippen LogP contribution in [-0.2, 0) is 11.2 Å². The molecule has 0 bridgehead atoms. The van der Waals surface area contributed by atoms with E-state index in [2.05, 4.69) is 0 Å². The number of aryl methyl sites for hydroxylation is 1. The third kappa shape index (κ3) is 2.63. The van der Waals surface area contributed by atoms with Gasteiger partial charge in [0.15, 0.2) is 0 Å². The molecule has 26 heavy (non-hydrogen) atoms. The maximum Gasteiger partial charge on any atom is 0.323 e. The van der Waals surface area contributed by atoms with Gasteiger partial charge in [-0.25, -0.2) is 0 Å². The molecule has 6 nitrogen and oxygen atoms in total. The summed E-state index contributed by atoms with van der Waals surface area (Å²) >= 11 is 0. The molecule has 2 aliphatic heterocycles. The highest BCUT2D eigenvalue weighted by molar-refractivity contribution is 6.21. The van der Waals surface area contributed by atoms with Crippen molar-refractivity contribution in [2.24, 2.45) is 0 Å². The summed E-state index contributed by atoms with van der Waals surface area (Å²) in [6, 6.07) is 14.1. The smallest absolute Gasteiger partial charge is 0.323 e. The second kappa shape index (κ2) is 6.29. The van der Waals surface area contributed by atoms with Crippen LogP contribution >= 0.6 is 0 Å². The highest BCUT2D eigenvalue weighted by atomic mass is 16.4. The van der Waals surface area contributed by atoms with Crippen molar-refractivity contribution in [2.75, 3.05) is 18.0 Å². The molecular weight excluding hydrogens is 332 g/mol. The minimum Gasteiger partial charge on any atom is -0.480 e. The summed E-state index contributed by atoms with van der Waals surface area (Å²) < 4.78 is 0. The number of carboxylic acids is 1. The number of carboxylic acid groups (broad SMARTS) is 1. The number of rotatable bonds is 3. The summed E-state index contributed by atoms with van der Waals surface area (Å²) in [5, 5.41) is 9.29. The number of hydrogen-bond acceptors (Lipinski definition) is 4. The number of nitrogens with zero attached hydrogens (tertiary/aromatic N) is 2. The van der Waals surface area contributed by atoms with E-state index < -0.39 is 5.97 Å². The van der Waals surface area contributed by atoms with Crippen molar-refractivity contribution in [3.63, 3.8) is 0 Å². The summed E-state index contributed by atoms with van der Waals surface area (Å²) in [6.07, 6.45) is 1.29. The lowest BCUT2D eigenvalue weighted by molar-refractivity contribution is -0.135. The second-order valence-corrected chi connectivity index (χ2v) is 6.62. The van der Waals surface area contributed by atoms with Crippen LogP contribution in [0.2, 0.25) is 0 Å². The molecule has 0 spiro atoms. The van der Waals surface area contributed by atoms with E-state index in [0.29, 0.717) is 30.5 Å². The number of imide groups is 1. The molecule has 0 saturated carbocycles. The number of benzene rings is 2. The number of para-hydroxylation sites is 1. The van der Waals surface area contributed by atoms with Crippen LogP contribution in [0.5, 0.6) is 0 Å². The maximum absolute atomic E-state index is 12.8. The molecule has 2 aromatic rings. The maximum atomic E-state index is 12.8. The fourth-order valence-corrected chi connectivity index (χ4v) is 3.86. The van der Waals surface area contributed by atoms with Gasteiger partial charge in [-0.1, -0.05) is 30.3 Å². The Morgan fingerprint density at radius 2 is 1.62 bits per heavy atom. The van der Waals surface area contributed by atoms with Crippen LogP contribution in [0.1, 0.15) is 32.7 Å². The average molecular weight is 350 g/mol. The Bertz CT molecular complexity index is 873. The second-order valence-electron chi connectivity index (χ2n) is 6.62. The van der Waals surface area contributed by atoms with Crippen molar-refractivity contribution in [1.29, 1.82) is 0 Å². The Morgan fingerprint density at radius 3 is 2.27 bits per heavy atom. The minimum atomic E-state index is -0.942. The number of anilines is 1. The molecule has 2 amide bonds. The first-order chi connectivity index (χ1) is 12.6. The van der Waals surface area contributed by atoms with Gasteiger partial charge < -0.3 is 10.0 Å². The largest absolute Gasteiger partial charge is 0.480 e. The summed E-state index contributed by atoms with van der Waals surface area (Å²) in [6.45, 7) is 0.144. The van der Waals surface area contributed by atoms with Gasteiger partial charge in [-0.05, 0) is 36.6 Å². The molecule has 1 N–H and O–H groups in total. The molecule has 0 radical (unpaired) electrons. The molecule has 0 saturated heterocycles. The van der Waals surface area contributed by atoms with Gasteiger partial charge in [0, 0.05) is 12.2 Å². The Kier molecular flexibility index (Phi) is 3.95. The van der Waals surface area contributed by atoms with Crippen molar-refractivity contribution in [3.8, 4) is 0 Å². The van der Waals surface area contributed by atoms with E-state index in [4.69, 9.17) is 0 Å². The third-order valence-corrected chi connectivity index (χ3v) is 5.03. The molecule has 0 fully saturated rings. The lowest BCUT2D eigenvalue weighted by Crippen LogP contribution is -2.47. The number of amides is 2. The van der Waals surface area contributed by atoms with Gasteiger partial charge in [0.25, 0.3) is 11.8 Å². The quantitative estimate of drug-likeness (QED) is 0.859. The van der Waals surface area contributed by atoms with Crippen molar-refractivity contribution in [1.82, 2.24) is 4.90 Å². The molecule has 2 aliphatic rings. The standard InChI is InChI=1S/C20H18N2O4/c23-18(24)12-21-11-14(10-9-13-5-1-4-8-17(13)21)22-19(25)15-6-2-3-7-16(15)20(22)26/h1-8,14H,9-12H2,(H,23,24). The topological polar surface area (TPSA) is 77.9 Å². The molecule has 4 rings (SSSR count). The summed E-state index contributed by atoms with van der Waals surface area (Å²) in [5.74, 6) is -1.53. The normalized spacial score (nSPS) is 19.2. The zero-order chi connectivity index (χ0) is 18.3. The van der Waals surface area contributed by atoms with Gasteiger partial charge in [0.2, 0.25) is 0 Å². The van der Waals surface area contributed by atoms with Crippen LogP contribution in [0, 0.1) is 0 Å². The monoisotopic (exact) mass is 350 g/mol. The number of fused-ring (bicyclic) bond motifs is 2. The number of carbonyl (C=O) groups excluding carboxylic acids is 2. The van der Waals surface area contributed by atoms with Gasteiger partial charge in [-0.15, -0.1) is 0 Å². The highest BCUT2D eigenvalue weighted by Crippen LogP contribution is 2.31. The molecule has 1 atom stereocenters. The Balaban J connectivity index is 1.68. The molecule has 2 aromatic carbocycles. The van der Waals surface area contributed by atoms with Crippen molar-refractivity contribution in [2.45, 2.75) is 18.9 Å². The first-order valence-electron chi connectivity index (χ1n) is 8.58. The molecule has 6 heteroatoms. The predicted molar refractivity (Wildman–Crippen MR) is 95.3 cm³/mol.